The second-order valence-corrected chi connectivity index (χ2v) is 5.27. The number of para-hydroxylation sites is 1. The maximum Gasteiger partial charge on any atom is 0.205 e. The fourth-order valence-electron chi connectivity index (χ4n) is 1.62. The van der Waals surface area contributed by atoms with Crippen LogP contribution in [0.15, 0.2) is 66.4 Å². The molecule has 0 aliphatic heterocycles. The van der Waals surface area contributed by atoms with Crippen molar-refractivity contribution in [2.75, 3.05) is 5.32 Å². The summed E-state index contributed by atoms with van der Waals surface area (Å²) in [6.45, 7) is 0. The van der Waals surface area contributed by atoms with Crippen molar-refractivity contribution in [1.29, 1.82) is 5.26 Å². The Kier molecular flexibility index (Phi) is 4.91. The maximum absolute atomic E-state index is 12.2. The lowest BCUT2D eigenvalue weighted by molar-refractivity contribution is 0.103. The SMILES string of the molecule is N#CC(=CNc1ccccc1)C(=O)c1cccc(I)c1. The average molecular weight is 374 g/mol. The van der Waals surface area contributed by atoms with Crippen LogP contribution >= 0.6 is 22.6 Å². The van der Waals surface area contributed by atoms with Gasteiger partial charge < -0.3 is 5.32 Å². The summed E-state index contributed by atoms with van der Waals surface area (Å²) >= 11 is 2.13. The summed E-state index contributed by atoms with van der Waals surface area (Å²) in [7, 11) is 0. The lowest BCUT2D eigenvalue weighted by atomic mass is 10.1. The molecule has 1 N–H and O–H groups in total. The number of carbonyl (C=O) groups excluding carboxylic acids is 1. The summed E-state index contributed by atoms with van der Waals surface area (Å²) in [5.41, 5.74) is 1.42. The first-order chi connectivity index (χ1) is 9.70. The first kappa shape index (κ1) is 14.3. The summed E-state index contributed by atoms with van der Waals surface area (Å²) < 4.78 is 0.960. The van der Waals surface area contributed by atoms with E-state index in [4.69, 9.17) is 5.26 Å². The number of hydrogen-bond donors (Lipinski definition) is 1. The lowest BCUT2D eigenvalue weighted by Crippen LogP contribution is -2.04. The molecule has 20 heavy (non-hydrogen) atoms. The number of Topliss-reactive ketones (excluding diaryl/α,β-unsaturated/α-hetero) is 1. The zero-order chi connectivity index (χ0) is 14.4. The fourth-order valence-corrected chi connectivity index (χ4v) is 2.17. The minimum atomic E-state index is -0.283. The predicted molar refractivity (Wildman–Crippen MR) is 87.3 cm³/mol. The quantitative estimate of drug-likeness (QED) is 0.381. The highest BCUT2D eigenvalue weighted by atomic mass is 127. The zero-order valence-electron chi connectivity index (χ0n) is 10.5. The van der Waals surface area contributed by atoms with Crippen LogP contribution in [0.1, 0.15) is 10.4 Å². The number of rotatable bonds is 4. The monoisotopic (exact) mass is 374 g/mol. The van der Waals surface area contributed by atoms with Crippen molar-refractivity contribution < 1.29 is 4.79 Å². The summed E-state index contributed by atoms with van der Waals surface area (Å²) in [6.07, 6.45) is 1.44. The van der Waals surface area contributed by atoms with Crippen LogP contribution in [0.4, 0.5) is 5.69 Å². The summed E-state index contributed by atoms with van der Waals surface area (Å²) in [6, 6.07) is 18.5. The van der Waals surface area contributed by atoms with Gasteiger partial charge in [-0.25, -0.2) is 0 Å². The normalized spacial score (nSPS) is 10.7. The summed E-state index contributed by atoms with van der Waals surface area (Å²) in [5.74, 6) is -0.283. The van der Waals surface area contributed by atoms with Gasteiger partial charge in [0, 0.05) is 21.0 Å². The second-order valence-electron chi connectivity index (χ2n) is 4.02. The molecule has 0 fully saturated rings. The van der Waals surface area contributed by atoms with E-state index in [9.17, 15) is 4.79 Å². The van der Waals surface area contributed by atoms with Crippen molar-refractivity contribution in [3.05, 3.63) is 75.5 Å². The summed E-state index contributed by atoms with van der Waals surface area (Å²) in [4.78, 5) is 12.2. The van der Waals surface area contributed by atoms with Crippen LogP contribution in [0.2, 0.25) is 0 Å². The van der Waals surface area contributed by atoms with Gasteiger partial charge in [0.05, 0.1) is 0 Å². The third-order valence-corrected chi connectivity index (χ3v) is 3.28. The molecule has 0 bridgehead atoms. The predicted octanol–water partition coefficient (Wildman–Crippen LogP) is 3.99. The van der Waals surface area contributed by atoms with E-state index in [1.807, 2.05) is 42.5 Å². The number of anilines is 1. The van der Waals surface area contributed by atoms with Gasteiger partial charge in [-0.1, -0.05) is 30.3 Å². The highest BCUT2D eigenvalue weighted by Gasteiger charge is 2.11. The molecule has 0 aromatic heterocycles. The Labute approximate surface area is 131 Å². The van der Waals surface area contributed by atoms with Crippen LogP contribution in [0.3, 0.4) is 0 Å². The van der Waals surface area contributed by atoms with Crippen LogP contribution in [0.25, 0.3) is 0 Å². The number of allylic oxidation sites excluding steroid dienone is 1. The molecule has 0 radical (unpaired) electrons. The molecule has 0 unspecified atom stereocenters. The van der Waals surface area contributed by atoms with E-state index in [0.717, 1.165) is 9.26 Å². The Bertz CT molecular complexity index is 687. The molecule has 0 amide bonds. The van der Waals surface area contributed by atoms with E-state index in [2.05, 4.69) is 27.9 Å². The number of nitriles is 1. The molecule has 0 atom stereocenters. The van der Waals surface area contributed by atoms with Crippen LogP contribution in [0.5, 0.6) is 0 Å². The minimum absolute atomic E-state index is 0.0795. The van der Waals surface area contributed by atoms with Crippen molar-refractivity contribution >= 4 is 34.1 Å². The van der Waals surface area contributed by atoms with Crippen LogP contribution in [0, 0.1) is 14.9 Å². The standard InChI is InChI=1S/C16H11IN2O/c17-14-6-4-5-12(9-14)16(20)13(10-18)11-19-15-7-2-1-3-8-15/h1-9,11,19H. The van der Waals surface area contributed by atoms with Crippen LogP contribution < -0.4 is 5.32 Å². The van der Waals surface area contributed by atoms with Gasteiger partial charge in [-0.2, -0.15) is 5.26 Å². The highest BCUT2D eigenvalue weighted by molar-refractivity contribution is 14.1. The second kappa shape index (κ2) is 6.87. The number of halogens is 1. The number of hydrogen-bond acceptors (Lipinski definition) is 3. The molecule has 2 aromatic rings. The van der Waals surface area contributed by atoms with Gasteiger partial charge in [0.2, 0.25) is 5.78 Å². The number of nitrogens with zero attached hydrogens (tertiary/aromatic N) is 1. The Morgan fingerprint density at radius 1 is 1.15 bits per heavy atom. The van der Waals surface area contributed by atoms with E-state index < -0.39 is 0 Å². The van der Waals surface area contributed by atoms with Gasteiger partial charge in [-0.3, -0.25) is 4.79 Å². The number of benzene rings is 2. The van der Waals surface area contributed by atoms with Gasteiger partial charge in [0.25, 0.3) is 0 Å². The third-order valence-electron chi connectivity index (χ3n) is 2.61. The third kappa shape index (κ3) is 3.68. The molecule has 2 rings (SSSR count). The van der Waals surface area contributed by atoms with Crippen molar-refractivity contribution in [1.82, 2.24) is 0 Å². The Balaban J connectivity index is 2.20. The topological polar surface area (TPSA) is 52.9 Å². The zero-order valence-corrected chi connectivity index (χ0v) is 12.7. The maximum atomic E-state index is 12.2. The van der Waals surface area contributed by atoms with Crippen molar-refractivity contribution in [3.63, 3.8) is 0 Å². The minimum Gasteiger partial charge on any atom is -0.360 e. The molecule has 0 heterocycles. The molecule has 98 valence electrons. The van der Waals surface area contributed by atoms with Crippen molar-refractivity contribution in [3.8, 4) is 6.07 Å². The molecule has 3 nitrogen and oxygen atoms in total. The molecule has 0 aliphatic carbocycles. The molecule has 0 spiro atoms. The molecule has 2 aromatic carbocycles. The Morgan fingerprint density at radius 3 is 2.55 bits per heavy atom. The molecule has 0 saturated heterocycles. The molecule has 0 saturated carbocycles. The van der Waals surface area contributed by atoms with Gasteiger partial charge in [0.1, 0.15) is 11.6 Å². The van der Waals surface area contributed by atoms with E-state index in [-0.39, 0.29) is 11.4 Å². The van der Waals surface area contributed by atoms with Gasteiger partial charge in [-0.05, 0) is 46.9 Å². The lowest BCUT2D eigenvalue weighted by Gasteiger charge is -2.02. The van der Waals surface area contributed by atoms with Crippen molar-refractivity contribution in [2.24, 2.45) is 0 Å². The first-order valence-corrected chi connectivity index (χ1v) is 7.00. The average Bonchev–Trinajstić information content (AvgIpc) is 2.48. The fraction of sp³-hybridized carbons (Fsp3) is 0. The number of ketones is 1. The molecule has 0 aliphatic rings. The molecular formula is C16H11IN2O. The number of carbonyl (C=O) groups is 1. The van der Waals surface area contributed by atoms with Gasteiger partial charge in [0.15, 0.2) is 0 Å². The Morgan fingerprint density at radius 2 is 1.90 bits per heavy atom. The van der Waals surface area contributed by atoms with E-state index in [0.29, 0.717) is 5.56 Å². The summed E-state index contributed by atoms with van der Waals surface area (Å²) in [5, 5.41) is 12.1. The molecular weight excluding hydrogens is 363 g/mol. The Hall–Kier alpha value is -2.13. The molecule has 4 heteroatoms. The van der Waals surface area contributed by atoms with Crippen molar-refractivity contribution in [2.45, 2.75) is 0 Å². The smallest absolute Gasteiger partial charge is 0.205 e. The first-order valence-electron chi connectivity index (χ1n) is 5.93. The largest absolute Gasteiger partial charge is 0.360 e. The van der Waals surface area contributed by atoms with E-state index in [1.165, 1.54) is 6.20 Å². The van der Waals surface area contributed by atoms with Gasteiger partial charge in [-0.15, -0.1) is 0 Å². The van der Waals surface area contributed by atoms with Crippen LogP contribution in [-0.4, -0.2) is 5.78 Å². The van der Waals surface area contributed by atoms with Gasteiger partial charge >= 0.3 is 0 Å². The highest BCUT2D eigenvalue weighted by Crippen LogP contribution is 2.13. The van der Waals surface area contributed by atoms with Crippen LogP contribution in [-0.2, 0) is 0 Å². The number of nitrogens with one attached hydrogen (secondary N) is 1. The van der Waals surface area contributed by atoms with E-state index >= 15 is 0 Å². The van der Waals surface area contributed by atoms with E-state index in [1.54, 1.807) is 18.2 Å².